The van der Waals surface area contributed by atoms with Gasteiger partial charge in [0.1, 0.15) is 12.2 Å². The van der Waals surface area contributed by atoms with Crippen LogP contribution in [-0.2, 0) is 20.1 Å². The number of aryl methyl sites for hydroxylation is 1. The van der Waals surface area contributed by atoms with Crippen molar-refractivity contribution >= 4 is 5.91 Å². The molecule has 3 aromatic rings. The van der Waals surface area contributed by atoms with Crippen LogP contribution in [0.25, 0.3) is 0 Å². The third-order valence-corrected chi connectivity index (χ3v) is 4.69. The van der Waals surface area contributed by atoms with E-state index in [4.69, 9.17) is 0 Å². The number of carbonyl (C=O) groups excluding carboxylic acids is 1. The van der Waals surface area contributed by atoms with Crippen LogP contribution in [0.15, 0.2) is 60.9 Å². The van der Waals surface area contributed by atoms with Gasteiger partial charge in [-0.2, -0.15) is 0 Å². The molecule has 1 unspecified atom stereocenters. The topological polar surface area (TPSA) is 63.1 Å². The van der Waals surface area contributed by atoms with Crippen LogP contribution in [0, 0.1) is 0 Å². The van der Waals surface area contributed by atoms with Gasteiger partial charge in [0, 0.05) is 38.2 Å². The van der Waals surface area contributed by atoms with Gasteiger partial charge in [-0.3, -0.25) is 9.69 Å². The lowest BCUT2D eigenvalue weighted by atomic mass is 10.1. The smallest absolute Gasteiger partial charge is 0.251 e. The Bertz CT molecular complexity index is 906. The fourth-order valence-electron chi connectivity index (χ4n) is 3.25. The molecule has 146 valence electrons. The Hall–Kier alpha value is -2.99. The van der Waals surface area contributed by atoms with Crippen LogP contribution in [-0.4, -0.2) is 39.2 Å². The molecule has 1 atom stereocenters. The van der Waals surface area contributed by atoms with Gasteiger partial charge in [0.25, 0.3) is 5.91 Å². The van der Waals surface area contributed by atoms with E-state index in [1.165, 1.54) is 5.56 Å². The van der Waals surface area contributed by atoms with Crippen LogP contribution in [0.3, 0.4) is 0 Å². The van der Waals surface area contributed by atoms with E-state index < -0.39 is 0 Å². The van der Waals surface area contributed by atoms with Crippen molar-refractivity contribution in [2.75, 3.05) is 13.6 Å². The summed E-state index contributed by atoms with van der Waals surface area (Å²) in [6.07, 6.45) is 1.67. The Kier molecular flexibility index (Phi) is 6.55. The molecule has 1 aromatic heterocycles. The lowest BCUT2D eigenvalue weighted by Gasteiger charge is -2.17. The zero-order valence-electron chi connectivity index (χ0n) is 16.7. The second-order valence-electron chi connectivity index (χ2n) is 7.27. The average molecular weight is 377 g/mol. The van der Waals surface area contributed by atoms with Gasteiger partial charge >= 0.3 is 0 Å². The van der Waals surface area contributed by atoms with Gasteiger partial charge < -0.3 is 9.88 Å². The Morgan fingerprint density at radius 3 is 2.54 bits per heavy atom. The first kappa shape index (κ1) is 19.8. The second-order valence-corrected chi connectivity index (χ2v) is 7.27. The van der Waals surface area contributed by atoms with Crippen LogP contribution < -0.4 is 5.32 Å². The molecule has 1 amide bonds. The number of hydrogen-bond donors (Lipinski definition) is 1. The van der Waals surface area contributed by atoms with E-state index in [2.05, 4.69) is 57.8 Å². The van der Waals surface area contributed by atoms with Crippen molar-refractivity contribution in [3.8, 4) is 0 Å². The number of benzene rings is 2. The summed E-state index contributed by atoms with van der Waals surface area (Å²) < 4.78 is 1.88. The van der Waals surface area contributed by atoms with Gasteiger partial charge in [-0.15, -0.1) is 10.2 Å². The molecule has 0 bridgehead atoms. The summed E-state index contributed by atoms with van der Waals surface area (Å²) in [6, 6.07) is 18.2. The Morgan fingerprint density at radius 2 is 1.82 bits per heavy atom. The first-order chi connectivity index (χ1) is 13.5. The lowest BCUT2D eigenvalue weighted by molar-refractivity contribution is 0.0951. The van der Waals surface area contributed by atoms with Gasteiger partial charge in [0.05, 0.1) is 0 Å². The highest BCUT2D eigenvalue weighted by atomic mass is 16.1. The monoisotopic (exact) mass is 377 g/mol. The van der Waals surface area contributed by atoms with Gasteiger partial charge in [0.2, 0.25) is 0 Å². The number of amides is 1. The fraction of sp³-hybridized carbons (Fsp3) is 0.318. The molecule has 28 heavy (non-hydrogen) atoms. The van der Waals surface area contributed by atoms with Crippen molar-refractivity contribution in [3.63, 3.8) is 0 Å². The Balaban J connectivity index is 1.56. The molecule has 0 spiro atoms. The quantitative estimate of drug-likeness (QED) is 0.656. The molecule has 3 rings (SSSR count). The standard InChI is InChI=1S/C22H27N5O/c1-17(21-25-24-16-27(21)3)13-23-22(28)20-11-7-10-19(12-20)15-26(2)14-18-8-5-4-6-9-18/h4-12,16-17H,13-15H2,1-3H3,(H,23,28). The normalized spacial score (nSPS) is 12.1. The number of aromatic nitrogens is 3. The predicted molar refractivity (Wildman–Crippen MR) is 110 cm³/mol. The maximum absolute atomic E-state index is 12.6. The highest BCUT2D eigenvalue weighted by molar-refractivity contribution is 5.94. The zero-order valence-corrected chi connectivity index (χ0v) is 16.7. The molecule has 0 saturated heterocycles. The molecule has 1 heterocycles. The minimum absolute atomic E-state index is 0.0680. The van der Waals surface area contributed by atoms with Gasteiger partial charge in [0.15, 0.2) is 0 Å². The molecule has 0 aliphatic heterocycles. The molecule has 1 N–H and O–H groups in total. The van der Waals surface area contributed by atoms with Crippen LogP contribution >= 0.6 is 0 Å². The zero-order chi connectivity index (χ0) is 19.9. The summed E-state index contributed by atoms with van der Waals surface area (Å²) in [5.41, 5.74) is 3.07. The largest absolute Gasteiger partial charge is 0.351 e. The van der Waals surface area contributed by atoms with Crippen molar-refractivity contribution in [3.05, 3.63) is 83.4 Å². The third kappa shape index (κ3) is 5.27. The summed E-state index contributed by atoms with van der Waals surface area (Å²) in [5, 5.41) is 11.0. The number of nitrogens with one attached hydrogen (secondary N) is 1. The number of carbonyl (C=O) groups is 1. The highest BCUT2D eigenvalue weighted by Gasteiger charge is 2.14. The van der Waals surface area contributed by atoms with Crippen LogP contribution in [0.4, 0.5) is 0 Å². The molecule has 0 fully saturated rings. The molecule has 0 radical (unpaired) electrons. The van der Waals surface area contributed by atoms with Gasteiger partial charge in [-0.05, 0) is 30.3 Å². The Labute approximate surface area is 166 Å². The summed E-state index contributed by atoms with van der Waals surface area (Å²) >= 11 is 0. The van der Waals surface area contributed by atoms with Crippen LogP contribution in [0.1, 0.15) is 40.2 Å². The lowest BCUT2D eigenvalue weighted by Crippen LogP contribution is -2.28. The molecule has 0 aliphatic carbocycles. The van der Waals surface area contributed by atoms with Crippen molar-refractivity contribution in [1.82, 2.24) is 25.0 Å². The van der Waals surface area contributed by atoms with Crippen LogP contribution in [0.2, 0.25) is 0 Å². The van der Waals surface area contributed by atoms with Gasteiger partial charge in [-0.25, -0.2) is 0 Å². The van der Waals surface area contributed by atoms with E-state index in [-0.39, 0.29) is 11.8 Å². The first-order valence-corrected chi connectivity index (χ1v) is 9.46. The summed E-state index contributed by atoms with van der Waals surface area (Å²) in [7, 11) is 3.99. The minimum atomic E-state index is -0.0680. The SMILES string of the molecule is CC(CNC(=O)c1cccc(CN(C)Cc2ccccc2)c1)c1nncn1C. The van der Waals surface area contributed by atoms with E-state index in [9.17, 15) is 4.79 Å². The summed E-state index contributed by atoms with van der Waals surface area (Å²) in [6.45, 7) is 4.20. The van der Waals surface area contributed by atoms with Crippen LogP contribution in [0.5, 0.6) is 0 Å². The number of nitrogens with zero attached hydrogens (tertiary/aromatic N) is 4. The number of rotatable bonds is 8. The van der Waals surface area contributed by atoms with Crippen molar-refractivity contribution in [2.24, 2.45) is 7.05 Å². The molecular formula is C22H27N5O. The van der Waals surface area contributed by atoms with E-state index in [1.54, 1.807) is 6.33 Å². The molecule has 0 aliphatic rings. The van der Waals surface area contributed by atoms with E-state index in [0.717, 1.165) is 24.5 Å². The molecular weight excluding hydrogens is 350 g/mol. The summed E-state index contributed by atoms with van der Waals surface area (Å²) in [5.74, 6) is 0.884. The Morgan fingerprint density at radius 1 is 1.11 bits per heavy atom. The van der Waals surface area contributed by atoms with Crippen molar-refractivity contribution in [2.45, 2.75) is 25.9 Å². The van der Waals surface area contributed by atoms with E-state index >= 15 is 0 Å². The van der Waals surface area contributed by atoms with Crippen molar-refractivity contribution in [1.29, 1.82) is 0 Å². The third-order valence-electron chi connectivity index (χ3n) is 4.69. The highest BCUT2D eigenvalue weighted by Crippen LogP contribution is 2.12. The van der Waals surface area contributed by atoms with Crippen molar-refractivity contribution < 1.29 is 4.79 Å². The summed E-state index contributed by atoms with van der Waals surface area (Å²) in [4.78, 5) is 14.8. The maximum Gasteiger partial charge on any atom is 0.251 e. The average Bonchev–Trinajstić information content (AvgIpc) is 3.12. The molecule has 6 nitrogen and oxygen atoms in total. The molecule has 6 heteroatoms. The maximum atomic E-state index is 12.6. The molecule has 0 saturated carbocycles. The van der Waals surface area contributed by atoms with E-state index in [0.29, 0.717) is 12.1 Å². The predicted octanol–water partition coefficient (Wildman–Crippen LogP) is 2.98. The molecule has 2 aromatic carbocycles. The van der Waals surface area contributed by atoms with Gasteiger partial charge in [-0.1, -0.05) is 49.4 Å². The van der Waals surface area contributed by atoms with E-state index in [1.807, 2.05) is 42.8 Å². The number of hydrogen-bond acceptors (Lipinski definition) is 4. The minimum Gasteiger partial charge on any atom is -0.351 e. The first-order valence-electron chi connectivity index (χ1n) is 9.46. The second kappa shape index (κ2) is 9.28. The fourth-order valence-corrected chi connectivity index (χ4v) is 3.25.